The minimum atomic E-state index is 0.401. The van der Waals surface area contributed by atoms with Crippen LogP contribution < -0.4 is 10.5 Å². The van der Waals surface area contributed by atoms with Gasteiger partial charge < -0.3 is 15.4 Å². The number of amidine groups is 1. The summed E-state index contributed by atoms with van der Waals surface area (Å²) in [6.45, 7) is 2.94. The van der Waals surface area contributed by atoms with E-state index in [0.717, 1.165) is 37.1 Å². The monoisotopic (exact) mass is 326 g/mol. The first-order valence-electron chi connectivity index (χ1n) is 8.23. The molecule has 1 aromatic carbocycles. The highest BCUT2D eigenvalue weighted by Crippen LogP contribution is 2.25. The van der Waals surface area contributed by atoms with Crippen LogP contribution in [0.15, 0.2) is 36.4 Å². The van der Waals surface area contributed by atoms with Crippen molar-refractivity contribution in [1.29, 1.82) is 5.41 Å². The molecule has 5 nitrogen and oxygen atoms in total. The first-order chi connectivity index (χ1) is 11.5. The SMILES string of the molecule is CCN(C)C(=N)CCCc1ccc(-c2ccc(OC)c(N)n2)cc1. The predicted molar refractivity (Wildman–Crippen MR) is 99.6 cm³/mol. The van der Waals surface area contributed by atoms with E-state index < -0.39 is 0 Å². The van der Waals surface area contributed by atoms with Crippen molar-refractivity contribution in [2.45, 2.75) is 26.2 Å². The van der Waals surface area contributed by atoms with Gasteiger partial charge in [0.25, 0.3) is 0 Å². The van der Waals surface area contributed by atoms with Crippen molar-refractivity contribution in [2.24, 2.45) is 0 Å². The summed E-state index contributed by atoms with van der Waals surface area (Å²) in [5.74, 6) is 1.69. The molecule has 2 rings (SSSR count). The smallest absolute Gasteiger partial charge is 0.166 e. The highest BCUT2D eigenvalue weighted by atomic mass is 16.5. The van der Waals surface area contributed by atoms with Crippen LogP contribution in [0.4, 0.5) is 5.82 Å². The Labute approximate surface area is 144 Å². The molecule has 0 aliphatic carbocycles. The molecule has 0 saturated heterocycles. The standard InChI is InChI=1S/C19H26N4O/c1-4-23(2)18(20)7-5-6-14-8-10-15(11-9-14)16-12-13-17(24-3)19(21)22-16/h8-13,20H,4-7H2,1-3H3,(H2,21,22). The maximum atomic E-state index is 7.96. The second kappa shape index (κ2) is 8.34. The molecule has 0 saturated carbocycles. The van der Waals surface area contributed by atoms with E-state index in [1.165, 1.54) is 5.56 Å². The fourth-order valence-electron chi connectivity index (χ4n) is 2.48. The Balaban J connectivity index is 1.96. The molecule has 0 bridgehead atoms. The van der Waals surface area contributed by atoms with Crippen molar-refractivity contribution in [2.75, 3.05) is 26.4 Å². The van der Waals surface area contributed by atoms with Crippen LogP contribution in [0.1, 0.15) is 25.3 Å². The molecule has 0 amide bonds. The highest BCUT2D eigenvalue weighted by molar-refractivity contribution is 5.78. The molecule has 128 valence electrons. The molecule has 0 aliphatic rings. The molecule has 1 aromatic heterocycles. The third kappa shape index (κ3) is 4.47. The van der Waals surface area contributed by atoms with E-state index in [4.69, 9.17) is 15.9 Å². The number of anilines is 1. The van der Waals surface area contributed by atoms with Crippen molar-refractivity contribution in [3.05, 3.63) is 42.0 Å². The van der Waals surface area contributed by atoms with E-state index >= 15 is 0 Å². The quantitative estimate of drug-likeness (QED) is 0.602. The molecule has 1 heterocycles. The van der Waals surface area contributed by atoms with Gasteiger partial charge in [0.05, 0.1) is 18.6 Å². The summed E-state index contributed by atoms with van der Waals surface area (Å²) in [4.78, 5) is 6.35. The summed E-state index contributed by atoms with van der Waals surface area (Å²) in [5.41, 5.74) is 9.01. The van der Waals surface area contributed by atoms with E-state index in [9.17, 15) is 0 Å². The van der Waals surface area contributed by atoms with E-state index in [1.54, 1.807) is 7.11 Å². The molecule has 0 spiro atoms. The largest absolute Gasteiger partial charge is 0.493 e. The number of benzene rings is 1. The molecule has 0 fully saturated rings. The summed E-state index contributed by atoms with van der Waals surface area (Å²) in [6, 6.07) is 12.1. The second-order valence-corrected chi connectivity index (χ2v) is 5.80. The zero-order valence-corrected chi connectivity index (χ0v) is 14.7. The highest BCUT2D eigenvalue weighted by Gasteiger charge is 2.06. The second-order valence-electron chi connectivity index (χ2n) is 5.80. The fourth-order valence-corrected chi connectivity index (χ4v) is 2.48. The average Bonchev–Trinajstić information content (AvgIpc) is 2.61. The number of nitrogen functional groups attached to an aromatic ring is 1. The van der Waals surface area contributed by atoms with Gasteiger partial charge in [-0.2, -0.15) is 0 Å². The number of hydrogen-bond acceptors (Lipinski definition) is 4. The van der Waals surface area contributed by atoms with Crippen LogP contribution in [-0.4, -0.2) is 36.4 Å². The topological polar surface area (TPSA) is 75.2 Å². The Bertz CT molecular complexity index is 682. The van der Waals surface area contributed by atoms with Gasteiger partial charge in [-0.25, -0.2) is 4.98 Å². The number of nitrogens with two attached hydrogens (primary N) is 1. The van der Waals surface area contributed by atoms with Gasteiger partial charge in [0.2, 0.25) is 0 Å². The number of aromatic nitrogens is 1. The number of nitrogens with one attached hydrogen (secondary N) is 1. The van der Waals surface area contributed by atoms with Crippen molar-refractivity contribution < 1.29 is 4.74 Å². The van der Waals surface area contributed by atoms with Gasteiger partial charge in [0, 0.05) is 25.6 Å². The van der Waals surface area contributed by atoms with Gasteiger partial charge in [-0.3, -0.25) is 5.41 Å². The molecule has 0 aliphatic heterocycles. The maximum Gasteiger partial charge on any atom is 0.166 e. The lowest BCUT2D eigenvalue weighted by Gasteiger charge is -2.17. The third-order valence-electron chi connectivity index (χ3n) is 4.17. The number of hydrogen-bond donors (Lipinski definition) is 2. The summed E-state index contributed by atoms with van der Waals surface area (Å²) in [5, 5.41) is 7.96. The minimum Gasteiger partial charge on any atom is -0.493 e. The van der Waals surface area contributed by atoms with Gasteiger partial charge in [-0.1, -0.05) is 24.3 Å². The number of rotatable bonds is 7. The van der Waals surface area contributed by atoms with Gasteiger partial charge in [-0.05, 0) is 37.5 Å². The summed E-state index contributed by atoms with van der Waals surface area (Å²) >= 11 is 0. The van der Waals surface area contributed by atoms with Gasteiger partial charge >= 0.3 is 0 Å². The third-order valence-corrected chi connectivity index (χ3v) is 4.17. The molecular formula is C19H26N4O. The van der Waals surface area contributed by atoms with E-state index in [0.29, 0.717) is 17.4 Å². The van der Waals surface area contributed by atoms with Crippen molar-refractivity contribution in [3.63, 3.8) is 0 Å². The Morgan fingerprint density at radius 1 is 1.21 bits per heavy atom. The first kappa shape index (κ1) is 17.8. The molecule has 0 unspecified atom stereocenters. The van der Waals surface area contributed by atoms with Crippen LogP contribution in [0.3, 0.4) is 0 Å². The van der Waals surface area contributed by atoms with Crippen LogP contribution in [0.25, 0.3) is 11.3 Å². The number of ether oxygens (including phenoxy) is 1. The maximum absolute atomic E-state index is 7.96. The lowest BCUT2D eigenvalue weighted by Crippen LogP contribution is -2.25. The van der Waals surface area contributed by atoms with Gasteiger partial charge in [0.1, 0.15) is 0 Å². The Morgan fingerprint density at radius 2 is 1.92 bits per heavy atom. The Morgan fingerprint density at radius 3 is 2.50 bits per heavy atom. The lowest BCUT2D eigenvalue weighted by molar-refractivity contribution is 0.415. The zero-order valence-electron chi connectivity index (χ0n) is 14.7. The molecular weight excluding hydrogens is 300 g/mol. The Kier molecular flexibility index (Phi) is 6.18. The molecule has 0 radical (unpaired) electrons. The van der Waals surface area contributed by atoms with Crippen LogP contribution in [0, 0.1) is 5.41 Å². The number of nitrogens with zero attached hydrogens (tertiary/aromatic N) is 2. The number of pyridine rings is 1. The van der Waals surface area contributed by atoms with Crippen LogP contribution in [0.5, 0.6) is 5.75 Å². The van der Waals surface area contributed by atoms with Crippen molar-refractivity contribution in [3.8, 4) is 17.0 Å². The predicted octanol–water partition coefficient (Wildman–Crippen LogP) is 3.59. The summed E-state index contributed by atoms with van der Waals surface area (Å²) in [6.07, 6.45) is 2.76. The van der Waals surface area contributed by atoms with E-state index in [2.05, 4.69) is 36.2 Å². The zero-order chi connectivity index (χ0) is 17.5. The van der Waals surface area contributed by atoms with Gasteiger partial charge in [0.15, 0.2) is 11.6 Å². The number of methoxy groups -OCH3 is 1. The van der Waals surface area contributed by atoms with Crippen molar-refractivity contribution in [1.82, 2.24) is 9.88 Å². The van der Waals surface area contributed by atoms with Crippen LogP contribution in [-0.2, 0) is 6.42 Å². The summed E-state index contributed by atoms with van der Waals surface area (Å²) < 4.78 is 5.14. The first-order valence-corrected chi connectivity index (χ1v) is 8.23. The fraction of sp³-hybridized carbons (Fsp3) is 0.368. The van der Waals surface area contributed by atoms with E-state index in [-0.39, 0.29) is 0 Å². The van der Waals surface area contributed by atoms with Crippen LogP contribution >= 0.6 is 0 Å². The molecule has 0 atom stereocenters. The summed E-state index contributed by atoms with van der Waals surface area (Å²) in [7, 11) is 3.55. The minimum absolute atomic E-state index is 0.401. The normalized spacial score (nSPS) is 10.5. The lowest BCUT2D eigenvalue weighted by atomic mass is 10.0. The molecule has 3 N–H and O–H groups in total. The van der Waals surface area contributed by atoms with Crippen molar-refractivity contribution >= 4 is 11.7 Å². The molecule has 24 heavy (non-hydrogen) atoms. The number of aryl methyl sites for hydroxylation is 1. The molecule has 5 heteroatoms. The average molecular weight is 326 g/mol. The van der Waals surface area contributed by atoms with E-state index in [1.807, 2.05) is 24.1 Å². The molecule has 2 aromatic rings. The van der Waals surface area contributed by atoms with Crippen LogP contribution in [0.2, 0.25) is 0 Å². The van der Waals surface area contributed by atoms with Gasteiger partial charge in [-0.15, -0.1) is 0 Å². The Hall–Kier alpha value is -2.56.